The minimum absolute atomic E-state index is 0.141. The smallest absolute Gasteiger partial charge is 0.410 e. The van der Waals surface area contributed by atoms with Gasteiger partial charge in [0.1, 0.15) is 58.5 Å². The molecule has 6 N–H and O–H groups in total. The molecule has 2 aliphatic heterocycles. The summed E-state index contributed by atoms with van der Waals surface area (Å²) in [5.74, 6) is 2.43. The minimum Gasteiger partial charge on any atom is -0.444 e. The molecule has 64 heavy (non-hydrogen) atoms. The monoisotopic (exact) mass is 878 g/mol. The number of pyridine rings is 2. The topological polar surface area (TPSA) is 301 Å². The van der Waals surface area contributed by atoms with Gasteiger partial charge < -0.3 is 46.3 Å². The van der Waals surface area contributed by atoms with Crippen molar-refractivity contribution in [1.29, 1.82) is 10.5 Å². The van der Waals surface area contributed by atoms with Crippen molar-refractivity contribution in [3.63, 3.8) is 0 Å². The van der Waals surface area contributed by atoms with Crippen molar-refractivity contribution in [2.45, 2.75) is 78.4 Å². The van der Waals surface area contributed by atoms with E-state index in [0.29, 0.717) is 73.3 Å². The quantitative estimate of drug-likeness (QED) is 0.0784. The van der Waals surface area contributed by atoms with Gasteiger partial charge in [0.05, 0.1) is 47.3 Å². The molecule has 0 aliphatic carbocycles. The van der Waals surface area contributed by atoms with E-state index >= 15 is 0 Å². The van der Waals surface area contributed by atoms with Crippen LogP contribution in [0.15, 0.2) is 49.3 Å². The van der Waals surface area contributed by atoms with Crippen molar-refractivity contribution in [2.24, 2.45) is 11.8 Å². The normalized spacial score (nSPS) is 14.4. The fraction of sp³-hybridized carbons (Fsp3) is 0.476. The van der Waals surface area contributed by atoms with Crippen LogP contribution in [0, 0.1) is 44.6 Å². The molecule has 2 aliphatic rings. The predicted octanol–water partition coefficient (Wildman–Crippen LogP) is 6.58. The number of nitro groups is 1. The van der Waals surface area contributed by atoms with Gasteiger partial charge in [-0.2, -0.15) is 10.5 Å². The first-order valence-corrected chi connectivity index (χ1v) is 20.7. The van der Waals surface area contributed by atoms with E-state index in [9.17, 15) is 19.7 Å². The van der Waals surface area contributed by atoms with E-state index in [4.69, 9.17) is 25.7 Å². The third-order valence-electron chi connectivity index (χ3n) is 9.75. The van der Waals surface area contributed by atoms with E-state index in [1.165, 1.54) is 37.1 Å². The first-order valence-electron chi connectivity index (χ1n) is 20.7. The van der Waals surface area contributed by atoms with Crippen molar-refractivity contribution < 1.29 is 24.0 Å². The average molecular weight is 879 g/mol. The van der Waals surface area contributed by atoms with Crippen LogP contribution in [0.25, 0.3) is 0 Å². The average Bonchev–Trinajstić information content (AvgIpc) is 3.25. The molecule has 2 saturated heterocycles. The van der Waals surface area contributed by atoms with Crippen LogP contribution >= 0.6 is 0 Å². The Bertz CT molecular complexity index is 2310. The maximum absolute atomic E-state index is 12.2. The number of ether oxygens (including phenoxy) is 2. The zero-order chi connectivity index (χ0) is 46.4. The summed E-state index contributed by atoms with van der Waals surface area (Å²) in [5.41, 5.74) is 6.98. The minimum atomic E-state index is -0.537. The Balaban J connectivity index is 0.000000241. The Morgan fingerprint density at radius 3 is 1.48 bits per heavy atom. The number of anilines is 7. The van der Waals surface area contributed by atoms with Crippen molar-refractivity contribution >= 4 is 58.2 Å². The van der Waals surface area contributed by atoms with Crippen LogP contribution in [-0.4, -0.2) is 107 Å². The number of carbonyl (C=O) groups excluding carboxylic acids is 2. The molecule has 4 aromatic rings. The summed E-state index contributed by atoms with van der Waals surface area (Å²) in [6.45, 7) is 14.9. The van der Waals surface area contributed by atoms with Crippen molar-refractivity contribution in [1.82, 2.24) is 39.7 Å². The summed E-state index contributed by atoms with van der Waals surface area (Å²) < 4.78 is 10.9. The molecular formula is C42H54N16O6. The number of carbonyl (C=O) groups is 2. The van der Waals surface area contributed by atoms with E-state index in [1.807, 2.05) is 59.7 Å². The largest absolute Gasteiger partial charge is 0.444 e. The number of piperidine rings is 2. The Morgan fingerprint density at radius 1 is 0.688 bits per heavy atom. The van der Waals surface area contributed by atoms with Gasteiger partial charge in [-0.15, -0.1) is 0 Å². The summed E-state index contributed by atoms with van der Waals surface area (Å²) in [5, 5.41) is 41.6. The maximum Gasteiger partial charge on any atom is 0.410 e. The summed E-state index contributed by atoms with van der Waals surface area (Å²) in [6.07, 6.45) is 11.0. The van der Waals surface area contributed by atoms with Crippen LogP contribution < -0.4 is 27.0 Å². The maximum atomic E-state index is 12.2. The Kier molecular flexibility index (Phi) is 15.9. The number of nitrogens with one attached hydrogen (secondary N) is 4. The molecule has 0 atom stereocenters. The number of nitriles is 2. The number of aromatic nitrogens is 6. The van der Waals surface area contributed by atoms with E-state index in [0.717, 1.165) is 37.9 Å². The molecular weight excluding hydrogens is 825 g/mol. The van der Waals surface area contributed by atoms with Crippen LogP contribution in [0.5, 0.6) is 0 Å². The van der Waals surface area contributed by atoms with Gasteiger partial charge in [-0.25, -0.2) is 39.5 Å². The first kappa shape index (κ1) is 47.4. The second-order valence-corrected chi connectivity index (χ2v) is 17.1. The fourth-order valence-electron chi connectivity index (χ4n) is 6.45. The lowest BCUT2D eigenvalue weighted by Gasteiger charge is -2.33. The zero-order valence-corrected chi connectivity index (χ0v) is 36.8. The van der Waals surface area contributed by atoms with E-state index in [-0.39, 0.29) is 35.2 Å². The third-order valence-corrected chi connectivity index (χ3v) is 9.75. The lowest BCUT2D eigenvalue weighted by molar-refractivity contribution is -0.384. The van der Waals surface area contributed by atoms with Crippen LogP contribution in [0.4, 0.5) is 55.6 Å². The van der Waals surface area contributed by atoms with Gasteiger partial charge in [-0.1, -0.05) is 0 Å². The highest BCUT2D eigenvalue weighted by molar-refractivity contribution is 5.71. The number of likely N-dealkylation sites (tertiary alicyclic amines) is 2. The van der Waals surface area contributed by atoms with Crippen molar-refractivity contribution in [3.8, 4) is 12.1 Å². The van der Waals surface area contributed by atoms with Gasteiger partial charge in [0.15, 0.2) is 11.4 Å². The van der Waals surface area contributed by atoms with Crippen LogP contribution in [0.2, 0.25) is 0 Å². The molecule has 6 heterocycles. The standard InChI is InChI=1S/C21H26N8O4.C21H28N8O2/c1-21(2,3)33-20(30)28-6-4-14(5-7-28)10-24-16-8-18(26-12-17(16)29(31)32)27-19-13-23-15(9-22)11-25-19;1-21(2,3)31-20(30)29-6-4-14(5-7-29)10-25-17-8-18(27-12-16(17)23)28-19-13-24-15(9-22)11-26-19/h8,11-14H,4-7,10H2,1-3H3,(H2,24,25,26,27);8,11-14H,4-7,10,23H2,1-3H3,(H2,25,26,27,28). The lowest BCUT2D eigenvalue weighted by atomic mass is 9.97. The summed E-state index contributed by atoms with van der Waals surface area (Å²) in [6, 6.07) is 7.16. The van der Waals surface area contributed by atoms with E-state index in [2.05, 4.69) is 51.2 Å². The van der Waals surface area contributed by atoms with E-state index < -0.39 is 16.1 Å². The molecule has 2 fully saturated rings. The predicted molar refractivity (Wildman–Crippen MR) is 238 cm³/mol. The number of nitrogens with two attached hydrogens (primary N) is 1. The number of nitrogens with zero attached hydrogens (tertiary/aromatic N) is 11. The van der Waals surface area contributed by atoms with E-state index in [1.54, 1.807) is 16.0 Å². The van der Waals surface area contributed by atoms with Gasteiger partial charge in [-0.05, 0) is 79.1 Å². The highest BCUT2D eigenvalue weighted by atomic mass is 16.6. The molecule has 0 aromatic carbocycles. The van der Waals surface area contributed by atoms with Gasteiger partial charge in [0.2, 0.25) is 0 Å². The van der Waals surface area contributed by atoms with Crippen LogP contribution in [0.1, 0.15) is 78.6 Å². The van der Waals surface area contributed by atoms with Gasteiger partial charge in [-0.3, -0.25) is 10.1 Å². The highest BCUT2D eigenvalue weighted by Crippen LogP contribution is 2.29. The second-order valence-electron chi connectivity index (χ2n) is 17.1. The Hall–Kier alpha value is -7.62. The molecule has 0 bridgehead atoms. The summed E-state index contributed by atoms with van der Waals surface area (Å²) in [7, 11) is 0. The highest BCUT2D eigenvalue weighted by Gasteiger charge is 2.29. The fourth-order valence-corrected chi connectivity index (χ4v) is 6.45. The van der Waals surface area contributed by atoms with Gasteiger partial charge in [0, 0.05) is 51.4 Å². The molecule has 22 heteroatoms. The number of nitrogen functional groups attached to an aromatic ring is 1. The van der Waals surface area contributed by atoms with Crippen molar-refractivity contribution in [3.05, 3.63) is 70.8 Å². The SMILES string of the molecule is CC(C)(C)OC(=O)N1CCC(CNc2cc(Nc3cnc(C#N)cn3)ncc2N)CC1.CC(C)(C)OC(=O)N1CCC(CNc2cc(Nc3cnc(C#N)cn3)ncc2[N+](=O)[O-])CC1. The van der Waals surface area contributed by atoms with Gasteiger partial charge >= 0.3 is 17.9 Å². The third kappa shape index (κ3) is 14.8. The molecule has 2 amide bonds. The van der Waals surface area contributed by atoms with Crippen molar-refractivity contribution in [2.75, 3.05) is 66.3 Å². The molecule has 22 nitrogen and oxygen atoms in total. The Morgan fingerprint density at radius 2 is 1.09 bits per heavy atom. The molecule has 4 aromatic heterocycles. The lowest BCUT2D eigenvalue weighted by Crippen LogP contribution is -2.42. The summed E-state index contributed by atoms with van der Waals surface area (Å²) in [4.78, 5) is 63.2. The Labute approximate surface area is 371 Å². The number of hydrogen-bond donors (Lipinski definition) is 5. The molecule has 0 radical (unpaired) electrons. The molecule has 0 spiro atoms. The number of rotatable bonds is 11. The first-order chi connectivity index (χ1) is 30.4. The van der Waals surface area contributed by atoms with Crippen LogP contribution in [-0.2, 0) is 9.47 Å². The molecule has 6 rings (SSSR count). The summed E-state index contributed by atoms with van der Waals surface area (Å²) >= 11 is 0. The molecule has 338 valence electrons. The number of amides is 2. The van der Waals surface area contributed by atoms with Crippen LogP contribution in [0.3, 0.4) is 0 Å². The molecule has 0 saturated carbocycles. The van der Waals surface area contributed by atoms with Gasteiger partial charge in [0.25, 0.3) is 0 Å². The molecule has 0 unspecified atom stereocenters. The number of hydrogen-bond acceptors (Lipinski definition) is 19. The zero-order valence-electron chi connectivity index (χ0n) is 36.8. The second kappa shape index (κ2) is 21.4.